The summed E-state index contributed by atoms with van der Waals surface area (Å²) in [7, 11) is 0. The smallest absolute Gasteiger partial charge is 0.0625 e. The zero-order chi connectivity index (χ0) is 38.4. The van der Waals surface area contributed by atoms with Crippen LogP contribution in [0.25, 0.3) is 82.4 Å². The van der Waals surface area contributed by atoms with Crippen molar-refractivity contribution in [1.29, 1.82) is 0 Å². The van der Waals surface area contributed by atoms with Crippen LogP contribution in [-0.2, 0) is 0 Å². The highest BCUT2D eigenvalue weighted by atomic mass is 15.1. The van der Waals surface area contributed by atoms with Crippen LogP contribution in [0.4, 0.5) is 17.1 Å². The Morgan fingerprint density at radius 3 is 1.67 bits per heavy atom. The minimum absolute atomic E-state index is 1.10. The SMILES string of the molecule is c1ccc(-c2ccccc2-c2ccc(N(c3cccc(-c4cc5ccccc5c5c4c4ccccc4n5-c4ccccc4)c3)c3cccc4ccccc34)cc2)cc1. The van der Waals surface area contributed by atoms with Crippen LogP contribution >= 0.6 is 0 Å². The normalized spacial score (nSPS) is 11.4. The molecule has 0 atom stereocenters. The van der Waals surface area contributed by atoms with Gasteiger partial charge in [-0.25, -0.2) is 0 Å². The minimum atomic E-state index is 1.10. The quantitative estimate of drug-likeness (QED) is 0.158. The maximum atomic E-state index is 2.44. The highest BCUT2D eigenvalue weighted by Gasteiger charge is 2.21. The number of hydrogen-bond donors (Lipinski definition) is 0. The van der Waals surface area contributed by atoms with Gasteiger partial charge in [0.15, 0.2) is 0 Å². The first-order chi connectivity index (χ1) is 28.8. The summed E-state index contributed by atoms with van der Waals surface area (Å²) < 4.78 is 2.44. The van der Waals surface area contributed by atoms with E-state index in [2.05, 4.69) is 240 Å². The Balaban J connectivity index is 1.12. The Morgan fingerprint density at radius 2 is 0.897 bits per heavy atom. The zero-order valence-corrected chi connectivity index (χ0v) is 31.8. The average Bonchev–Trinajstić information content (AvgIpc) is 3.66. The molecule has 0 aliphatic heterocycles. The summed E-state index contributed by atoms with van der Waals surface area (Å²) in [5.41, 5.74) is 14.1. The van der Waals surface area contributed by atoms with Crippen LogP contribution in [0.5, 0.6) is 0 Å². The molecule has 0 aliphatic carbocycles. The van der Waals surface area contributed by atoms with Gasteiger partial charge in [-0.2, -0.15) is 0 Å². The van der Waals surface area contributed by atoms with Crippen molar-refractivity contribution in [3.8, 4) is 39.1 Å². The van der Waals surface area contributed by atoms with Gasteiger partial charge in [0, 0.05) is 38.6 Å². The fourth-order valence-electron chi connectivity index (χ4n) is 8.94. The number of rotatable bonds is 7. The van der Waals surface area contributed by atoms with Crippen LogP contribution < -0.4 is 4.90 Å². The van der Waals surface area contributed by atoms with Gasteiger partial charge in [0.25, 0.3) is 0 Å². The molecule has 58 heavy (non-hydrogen) atoms. The summed E-state index contributed by atoms with van der Waals surface area (Å²) in [6.45, 7) is 0. The molecule has 272 valence electrons. The van der Waals surface area contributed by atoms with Crippen molar-refractivity contribution in [2.45, 2.75) is 0 Å². The predicted molar refractivity (Wildman–Crippen MR) is 247 cm³/mol. The highest BCUT2D eigenvalue weighted by molar-refractivity contribution is 6.24. The van der Waals surface area contributed by atoms with Crippen molar-refractivity contribution in [1.82, 2.24) is 4.57 Å². The number of para-hydroxylation sites is 2. The first-order valence-electron chi connectivity index (χ1n) is 19.9. The molecule has 0 amide bonds. The highest BCUT2D eigenvalue weighted by Crippen LogP contribution is 2.45. The van der Waals surface area contributed by atoms with E-state index < -0.39 is 0 Å². The summed E-state index contributed by atoms with van der Waals surface area (Å²) >= 11 is 0. The molecule has 0 saturated heterocycles. The average molecular weight is 739 g/mol. The number of anilines is 3. The monoisotopic (exact) mass is 738 g/mol. The van der Waals surface area contributed by atoms with E-state index in [4.69, 9.17) is 0 Å². The van der Waals surface area contributed by atoms with Crippen LogP contribution in [0.15, 0.2) is 231 Å². The molecule has 0 saturated carbocycles. The van der Waals surface area contributed by atoms with Crippen LogP contribution in [-0.4, -0.2) is 4.57 Å². The lowest BCUT2D eigenvalue weighted by molar-refractivity contribution is 1.19. The molecule has 0 fully saturated rings. The van der Waals surface area contributed by atoms with Gasteiger partial charge in [0.05, 0.1) is 16.7 Å². The molecule has 2 nitrogen and oxygen atoms in total. The molecule has 2 heteroatoms. The number of fused-ring (bicyclic) bond motifs is 6. The van der Waals surface area contributed by atoms with E-state index in [0.717, 1.165) is 22.7 Å². The van der Waals surface area contributed by atoms with Crippen LogP contribution in [0.3, 0.4) is 0 Å². The molecule has 1 aromatic heterocycles. The van der Waals surface area contributed by atoms with Crippen molar-refractivity contribution in [2.75, 3.05) is 4.90 Å². The molecule has 0 N–H and O–H groups in total. The van der Waals surface area contributed by atoms with Gasteiger partial charge in [-0.15, -0.1) is 0 Å². The number of benzene rings is 10. The summed E-state index contributed by atoms with van der Waals surface area (Å²) in [5.74, 6) is 0. The molecule has 0 unspecified atom stereocenters. The summed E-state index contributed by atoms with van der Waals surface area (Å²) in [6.07, 6.45) is 0. The van der Waals surface area contributed by atoms with Gasteiger partial charge in [-0.05, 0) is 98.8 Å². The van der Waals surface area contributed by atoms with Crippen LogP contribution in [0.2, 0.25) is 0 Å². The first kappa shape index (κ1) is 33.6. The van der Waals surface area contributed by atoms with Crippen LogP contribution in [0, 0.1) is 0 Å². The van der Waals surface area contributed by atoms with Gasteiger partial charge in [-0.1, -0.05) is 176 Å². The molecule has 0 aliphatic rings. The zero-order valence-electron chi connectivity index (χ0n) is 31.8. The third-order valence-electron chi connectivity index (χ3n) is 11.5. The van der Waals surface area contributed by atoms with E-state index in [-0.39, 0.29) is 0 Å². The largest absolute Gasteiger partial charge is 0.310 e. The molecule has 0 bridgehead atoms. The van der Waals surface area contributed by atoms with Gasteiger partial charge >= 0.3 is 0 Å². The topological polar surface area (TPSA) is 8.17 Å². The number of hydrogen-bond acceptors (Lipinski definition) is 1. The molecule has 1 heterocycles. The molecule has 0 spiro atoms. The maximum Gasteiger partial charge on any atom is 0.0625 e. The van der Waals surface area contributed by atoms with Crippen LogP contribution in [0.1, 0.15) is 0 Å². The fourth-order valence-corrected chi connectivity index (χ4v) is 8.94. The minimum Gasteiger partial charge on any atom is -0.310 e. The Morgan fingerprint density at radius 1 is 0.328 bits per heavy atom. The summed E-state index contributed by atoms with van der Waals surface area (Å²) in [4.78, 5) is 2.42. The lowest BCUT2D eigenvalue weighted by Crippen LogP contribution is -2.10. The lowest BCUT2D eigenvalue weighted by atomic mass is 9.94. The first-order valence-corrected chi connectivity index (χ1v) is 19.9. The van der Waals surface area contributed by atoms with E-state index >= 15 is 0 Å². The molecule has 11 rings (SSSR count). The van der Waals surface area contributed by atoms with E-state index in [1.807, 2.05) is 0 Å². The molecule has 0 radical (unpaired) electrons. The van der Waals surface area contributed by atoms with E-state index in [1.54, 1.807) is 0 Å². The predicted octanol–water partition coefficient (Wildman–Crippen LogP) is 15.6. The van der Waals surface area contributed by atoms with Gasteiger partial charge in [-0.3, -0.25) is 0 Å². The Labute approximate surface area is 338 Å². The Hall–Kier alpha value is -7.68. The van der Waals surface area contributed by atoms with Crippen molar-refractivity contribution >= 4 is 60.4 Å². The van der Waals surface area contributed by atoms with E-state index in [0.29, 0.717) is 0 Å². The fraction of sp³-hybridized carbons (Fsp3) is 0. The van der Waals surface area contributed by atoms with Crippen molar-refractivity contribution in [3.05, 3.63) is 231 Å². The Kier molecular flexibility index (Phi) is 8.19. The van der Waals surface area contributed by atoms with Gasteiger partial charge in [0.2, 0.25) is 0 Å². The van der Waals surface area contributed by atoms with Crippen molar-refractivity contribution in [2.24, 2.45) is 0 Å². The number of aromatic nitrogens is 1. The third kappa shape index (κ3) is 5.66. The van der Waals surface area contributed by atoms with Crippen molar-refractivity contribution < 1.29 is 0 Å². The second kappa shape index (κ2) is 14.1. The maximum absolute atomic E-state index is 2.44. The molecular weight excluding hydrogens is 701 g/mol. The third-order valence-corrected chi connectivity index (χ3v) is 11.5. The summed E-state index contributed by atoms with van der Waals surface area (Å²) in [5, 5.41) is 7.36. The lowest BCUT2D eigenvalue weighted by Gasteiger charge is -2.27. The molecular formula is C56H38N2. The molecule has 11 aromatic rings. The van der Waals surface area contributed by atoms with E-state index in [9.17, 15) is 0 Å². The molecule has 10 aromatic carbocycles. The summed E-state index contributed by atoms with van der Waals surface area (Å²) in [6, 6.07) is 83.6. The number of nitrogens with zero attached hydrogens (tertiary/aromatic N) is 2. The van der Waals surface area contributed by atoms with Gasteiger partial charge in [0.1, 0.15) is 0 Å². The van der Waals surface area contributed by atoms with Crippen molar-refractivity contribution in [3.63, 3.8) is 0 Å². The van der Waals surface area contributed by atoms with Gasteiger partial charge < -0.3 is 9.47 Å². The standard InChI is InChI=1S/C56H38N2/c1-3-17-39(18-4-1)47-26-11-12-27-48(47)41-33-35-45(36-34-41)57(53-32-16-21-40-19-7-9-28-49(40)53)46-25-15-22-42(37-46)52-38-43-20-8-10-29-50(43)56-55(52)51-30-13-14-31-54(51)58(56)44-23-5-2-6-24-44/h1-38H. The second-order valence-electron chi connectivity index (χ2n) is 14.9. The Bertz CT molecular complexity index is 3260. The van der Waals surface area contributed by atoms with E-state index in [1.165, 1.54) is 76.7 Å². The second-order valence-corrected chi connectivity index (χ2v) is 14.9.